The molecule has 0 radical (unpaired) electrons. The first-order valence-corrected chi connectivity index (χ1v) is 7.05. The van der Waals surface area contributed by atoms with E-state index < -0.39 is 0 Å². The molecule has 0 atom stereocenters. The molecule has 21 heavy (non-hydrogen) atoms. The van der Waals surface area contributed by atoms with Crippen molar-refractivity contribution in [3.63, 3.8) is 0 Å². The number of carbonyl (C=O) groups excluding carboxylic acids is 2. The molecule has 0 unspecified atom stereocenters. The fourth-order valence-corrected chi connectivity index (χ4v) is 1.62. The van der Waals surface area contributed by atoms with Gasteiger partial charge in [-0.25, -0.2) is 0 Å². The lowest BCUT2D eigenvalue weighted by molar-refractivity contribution is -0.119. The third-order valence-corrected chi connectivity index (χ3v) is 2.76. The average molecular weight is 293 g/mol. The Morgan fingerprint density at radius 3 is 2.43 bits per heavy atom. The van der Waals surface area contributed by atoms with Crippen LogP contribution in [0.25, 0.3) is 0 Å². The lowest BCUT2D eigenvalue weighted by Crippen LogP contribution is -2.30. The Hall–Kier alpha value is -2.08. The summed E-state index contributed by atoms with van der Waals surface area (Å²) in [5.74, 6) is -0.183. The summed E-state index contributed by atoms with van der Waals surface area (Å²) in [6, 6.07) is 6.99. The Balaban J connectivity index is 2.39. The normalized spacial score (nSPS) is 10.0. The van der Waals surface area contributed by atoms with Gasteiger partial charge in [0.2, 0.25) is 5.91 Å². The van der Waals surface area contributed by atoms with Gasteiger partial charge in [-0.2, -0.15) is 0 Å². The number of hydrogen-bond donors (Lipinski definition) is 3. The Morgan fingerprint density at radius 2 is 1.81 bits per heavy atom. The van der Waals surface area contributed by atoms with E-state index in [0.29, 0.717) is 25.3 Å². The highest BCUT2D eigenvalue weighted by atomic mass is 16.5. The highest BCUT2D eigenvalue weighted by Crippen LogP contribution is 2.09. The number of carbonyl (C=O) groups is 2. The molecular weight excluding hydrogens is 270 g/mol. The van der Waals surface area contributed by atoms with Gasteiger partial charge in [-0.1, -0.05) is 6.92 Å². The van der Waals surface area contributed by atoms with Gasteiger partial charge in [0.05, 0.1) is 13.2 Å². The van der Waals surface area contributed by atoms with Crippen LogP contribution in [0.15, 0.2) is 24.3 Å². The van der Waals surface area contributed by atoms with Crippen molar-refractivity contribution >= 4 is 17.5 Å². The van der Waals surface area contributed by atoms with Gasteiger partial charge in [-0.05, 0) is 30.7 Å². The van der Waals surface area contributed by atoms with Gasteiger partial charge in [-0.3, -0.25) is 9.59 Å². The number of nitrogens with one attached hydrogen (secondary N) is 3. The lowest BCUT2D eigenvalue weighted by Gasteiger charge is -2.08. The second kappa shape index (κ2) is 9.77. The molecule has 3 N–H and O–H groups in total. The number of methoxy groups -OCH3 is 1. The molecule has 0 aromatic heterocycles. The van der Waals surface area contributed by atoms with Gasteiger partial charge < -0.3 is 20.7 Å². The maximum absolute atomic E-state index is 11.8. The smallest absolute Gasteiger partial charge is 0.251 e. The maximum Gasteiger partial charge on any atom is 0.251 e. The summed E-state index contributed by atoms with van der Waals surface area (Å²) in [4.78, 5) is 23.2. The van der Waals surface area contributed by atoms with Crippen LogP contribution in [0.2, 0.25) is 0 Å². The Bertz CT molecular complexity index is 446. The van der Waals surface area contributed by atoms with Crippen molar-refractivity contribution in [2.24, 2.45) is 0 Å². The first-order valence-electron chi connectivity index (χ1n) is 7.05. The minimum Gasteiger partial charge on any atom is -0.383 e. The first kappa shape index (κ1) is 17.0. The van der Waals surface area contributed by atoms with Crippen molar-refractivity contribution in [2.45, 2.75) is 13.3 Å². The van der Waals surface area contributed by atoms with Gasteiger partial charge >= 0.3 is 0 Å². The number of rotatable bonds is 9. The van der Waals surface area contributed by atoms with Crippen molar-refractivity contribution in [1.29, 1.82) is 0 Å². The highest BCUT2D eigenvalue weighted by molar-refractivity contribution is 5.94. The van der Waals surface area contributed by atoms with E-state index in [2.05, 4.69) is 16.0 Å². The molecule has 0 saturated heterocycles. The number of amides is 2. The van der Waals surface area contributed by atoms with Crippen molar-refractivity contribution in [3.05, 3.63) is 29.8 Å². The first-order chi connectivity index (χ1) is 10.2. The van der Waals surface area contributed by atoms with Crippen LogP contribution >= 0.6 is 0 Å². The largest absolute Gasteiger partial charge is 0.383 e. The van der Waals surface area contributed by atoms with Crippen LogP contribution in [0.1, 0.15) is 23.7 Å². The minimum absolute atomic E-state index is 0.0433. The van der Waals surface area contributed by atoms with Crippen molar-refractivity contribution in [1.82, 2.24) is 10.6 Å². The van der Waals surface area contributed by atoms with Crippen molar-refractivity contribution in [3.8, 4) is 0 Å². The summed E-state index contributed by atoms with van der Waals surface area (Å²) in [6.07, 6.45) is 0.915. The van der Waals surface area contributed by atoms with Crippen LogP contribution < -0.4 is 16.0 Å². The predicted molar refractivity (Wildman–Crippen MR) is 82.4 cm³/mol. The van der Waals surface area contributed by atoms with Gasteiger partial charge in [0.15, 0.2) is 0 Å². The van der Waals surface area contributed by atoms with Gasteiger partial charge in [0, 0.05) is 31.5 Å². The van der Waals surface area contributed by atoms with Crippen LogP contribution in [0.4, 0.5) is 5.69 Å². The van der Waals surface area contributed by atoms with E-state index in [4.69, 9.17) is 4.74 Å². The zero-order valence-electron chi connectivity index (χ0n) is 12.6. The molecule has 0 aliphatic heterocycles. The molecule has 0 bridgehead atoms. The average Bonchev–Trinajstić information content (AvgIpc) is 2.51. The molecule has 6 heteroatoms. The van der Waals surface area contributed by atoms with E-state index >= 15 is 0 Å². The summed E-state index contributed by atoms with van der Waals surface area (Å²) in [6.45, 7) is 3.87. The Kier molecular flexibility index (Phi) is 7.89. The predicted octanol–water partition coefficient (Wildman–Crippen LogP) is 1.00. The van der Waals surface area contributed by atoms with Crippen molar-refractivity contribution in [2.75, 3.05) is 38.7 Å². The van der Waals surface area contributed by atoms with E-state index in [9.17, 15) is 9.59 Å². The number of benzene rings is 1. The molecule has 0 heterocycles. The zero-order chi connectivity index (χ0) is 15.5. The van der Waals surface area contributed by atoms with E-state index in [1.165, 1.54) is 0 Å². The van der Waals surface area contributed by atoms with Gasteiger partial charge in [0.1, 0.15) is 0 Å². The monoisotopic (exact) mass is 293 g/mol. The second-order valence-electron chi connectivity index (χ2n) is 4.53. The van der Waals surface area contributed by atoms with E-state index in [-0.39, 0.29) is 18.4 Å². The number of hydrogen-bond acceptors (Lipinski definition) is 4. The maximum atomic E-state index is 11.8. The van der Waals surface area contributed by atoms with Crippen molar-refractivity contribution < 1.29 is 14.3 Å². The summed E-state index contributed by atoms with van der Waals surface area (Å²) < 4.78 is 4.87. The fraction of sp³-hybridized carbons (Fsp3) is 0.467. The van der Waals surface area contributed by atoms with E-state index in [1.807, 2.05) is 6.92 Å². The molecule has 0 fully saturated rings. The molecule has 116 valence electrons. The van der Waals surface area contributed by atoms with E-state index in [0.717, 1.165) is 12.1 Å². The highest BCUT2D eigenvalue weighted by Gasteiger charge is 2.05. The molecule has 0 aliphatic carbocycles. The fourth-order valence-electron chi connectivity index (χ4n) is 1.62. The minimum atomic E-state index is -0.140. The number of ether oxygens (including phenoxy) is 1. The summed E-state index contributed by atoms with van der Waals surface area (Å²) in [5, 5.41) is 8.54. The lowest BCUT2D eigenvalue weighted by atomic mass is 10.2. The van der Waals surface area contributed by atoms with Crippen LogP contribution in [-0.4, -0.2) is 45.2 Å². The third-order valence-electron chi connectivity index (χ3n) is 2.76. The van der Waals surface area contributed by atoms with Crippen LogP contribution in [0.5, 0.6) is 0 Å². The molecular formula is C15H23N3O3. The van der Waals surface area contributed by atoms with Gasteiger partial charge in [-0.15, -0.1) is 0 Å². The quantitative estimate of drug-likeness (QED) is 0.594. The number of anilines is 1. The van der Waals surface area contributed by atoms with Gasteiger partial charge in [0.25, 0.3) is 5.91 Å². The molecule has 1 aromatic rings. The Labute approximate surface area is 125 Å². The summed E-state index contributed by atoms with van der Waals surface area (Å²) in [7, 11) is 1.59. The van der Waals surface area contributed by atoms with Crippen LogP contribution in [-0.2, 0) is 9.53 Å². The van der Waals surface area contributed by atoms with E-state index in [1.54, 1.807) is 31.4 Å². The molecule has 2 amide bonds. The SMILES string of the molecule is CCCNC(=O)CNc1ccc(C(=O)NCCOC)cc1. The molecule has 0 spiro atoms. The second-order valence-corrected chi connectivity index (χ2v) is 4.53. The summed E-state index contributed by atoms with van der Waals surface area (Å²) in [5.41, 5.74) is 1.38. The molecule has 1 rings (SSSR count). The topological polar surface area (TPSA) is 79.5 Å². The zero-order valence-corrected chi connectivity index (χ0v) is 12.6. The van der Waals surface area contributed by atoms with Crippen LogP contribution in [0.3, 0.4) is 0 Å². The van der Waals surface area contributed by atoms with Crippen LogP contribution in [0, 0.1) is 0 Å². The molecule has 6 nitrogen and oxygen atoms in total. The molecule has 0 aliphatic rings. The standard InChI is InChI=1S/C15H23N3O3/c1-3-8-16-14(19)11-18-13-6-4-12(5-7-13)15(20)17-9-10-21-2/h4-7,18H,3,8-11H2,1-2H3,(H,16,19)(H,17,20). The molecule has 1 aromatic carbocycles. The third kappa shape index (κ3) is 6.76. The summed E-state index contributed by atoms with van der Waals surface area (Å²) >= 11 is 0. The Morgan fingerprint density at radius 1 is 1.10 bits per heavy atom. The molecule has 0 saturated carbocycles.